The van der Waals surface area contributed by atoms with Gasteiger partial charge in [-0.3, -0.25) is 9.59 Å². The third-order valence-electron chi connectivity index (χ3n) is 8.23. The van der Waals surface area contributed by atoms with E-state index in [1.165, 1.54) is 7.11 Å². The van der Waals surface area contributed by atoms with Crippen molar-refractivity contribution < 1.29 is 23.8 Å². The lowest BCUT2D eigenvalue weighted by atomic mass is 9.44. The molecule has 0 bridgehead atoms. The number of allylic oxidation sites excluding steroid dienone is 3. The van der Waals surface area contributed by atoms with Gasteiger partial charge < -0.3 is 14.2 Å². The zero-order valence-corrected chi connectivity index (χ0v) is 18.9. The van der Waals surface area contributed by atoms with Crippen molar-refractivity contribution in [3.8, 4) is 0 Å². The highest BCUT2D eigenvalue weighted by molar-refractivity contribution is 6.58. The molecule has 3 fully saturated rings. The van der Waals surface area contributed by atoms with E-state index in [1.54, 1.807) is 0 Å². The monoisotopic (exact) mass is 442 g/mol. The maximum absolute atomic E-state index is 13.4. The zero-order valence-electron chi connectivity index (χ0n) is 17.4. The van der Waals surface area contributed by atoms with Crippen molar-refractivity contribution in [1.29, 1.82) is 0 Å². The van der Waals surface area contributed by atoms with Crippen LogP contribution in [0.5, 0.6) is 0 Å². The minimum atomic E-state index is -0.635. The van der Waals surface area contributed by atoms with Gasteiger partial charge in [0, 0.05) is 17.3 Å². The third kappa shape index (κ3) is 2.67. The average Bonchev–Trinajstić information content (AvgIpc) is 3.18. The molecule has 0 aromatic heterocycles. The number of carbonyl (C=O) groups excluding carboxylic acids is 2. The Balaban J connectivity index is 1.90. The molecule has 160 valence electrons. The minimum Gasteiger partial charge on any atom is -0.492 e. The number of halogens is 2. The van der Waals surface area contributed by atoms with Crippen molar-refractivity contribution in [3.05, 3.63) is 21.4 Å². The lowest BCUT2D eigenvalue weighted by molar-refractivity contribution is -0.293. The zero-order chi connectivity index (χ0) is 21.2. The highest BCUT2D eigenvalue weighted by atomic mass is 35.5. The van der Waals surface area contributed by atoms with Crippen LogP contribution in [-0.4, -0.2) is 37.7 Å². The Bertz CT molecular complexity index is 825. The van der Waals surface area contributed by atoms with Crippen molar-refractivity contribution in [2.24, 2.45) is 22.7 Å². The number of ether oxygens (including phenoxy) is 3. The number of hydrogen-bond donors (Lipinski definition) is 0. The SMILES string of the molecule is COC1=C([C@]2(C)[C@@H](C)CC[C@]3(C)[C@H]2CCCC32OCCO2)C(=O)C(Cl)=C(Cl)C1=O. The molecule has 0 unspecified atom stereocenters. The standard InChI is InChI=1S/C22H28Cl2O5/c1-12-7-9-20(2)13(6-5-8-22(20)28-10-11-29-22)21(12,3)14-17(25)15(23)16(24)18(26)19(14)27-4/h12-13H,5-11H2,1-4H3/t12-,13+,20+,21+/m0/s1. The van der Waals surface area contributed by atoms with Gasteiger partial charge in [-0.25, -0.2) is 0 Å². The predicted octanol–water partition coefficient (Wildman–Crippen LogP) is 4.71. The molecular formula is C22H28Cl2O5. The van der Waals surface area contributed by atoms with Gasteiger partial charge in [0.25, 0.3) is 0 Å². The van der Waals surface area contributed by atoms with Crippen molar-refractivity contribution in [1.82, 2.24) is 0 Å². The summed E-state index contributed by atoms with van der Waals surface area (Å²) in [5.41, 5.74) is -0.542. The maximum atomic E-state index is 13.4. The second kappa shape index (κ2) is 7.08. The van der Waals surface area contributed by atoms with Crippen molar-refractivity contribution in [3.63, 3.8) is 0 Å². The van der Waals surface area contributed by atoms with E-state index in [2.05, 4.69) is 20.8 Å². The van der Waals surface area contributed by atoms with Gasteiger partial charge in [-0.2, -0.15) is 0 Å². The Labute approximate surface area is 181 Å². The van der Waals surface area contributed by atoms with E-state index in [1.807, 2.05) is 0 Å². The number of ketones is 2. The summed E-state index contributed by atoms with van der Waals surface area (Å²) in [6.07, 6.45) is 4.53. The molecule has 0 N–H and O–H groups in total. The molecule has 0 aromatic rings. The molecule has 3 aliphatic carbocycles. The van der Waals surface area contributed by atoms with Crippen LogP contribution in [0.25, 0.3) is 0 Å². The van der Waals surface area contributed by atoms with Crippen LogP contribution in [0.1, 0.15) is 52.9 Å². The van der Waals surface area contributed by atoms with E-state index in [9.17, 15) is 9.59 Å². The predicted molar refractivity (Wildman–Crippen MR) is 109 cm³/mol. The Kier molecular flexibility index (Phi) is 5.21. The van der Waals surface area contributed by atoms with Crippen LogP contribution in [0.15, 0.2) is 21.4 Å². The molecule has 4 atom stereocenters. The Morgan fingerprint density at radius 3 is 2.24 bits per heavy atom. The summed E-state index contributed by atoms with van der Waals surface area (Å²) in [7, 11) is 1.41. The highest BCUT2D eigenvalue weighted by Crippen LogP contribution is 2.67. The molecule has 0 aromatic carbocycles. The third-order valence-corrected chi connectivity index (χ3v) is 9.05. The smallest absolute Gasteiger partial charge is 0.240 e. The van der Waals surface area contributed by atoms with E-state index >= 15 is 0 Å². The molecule has 4 rings (SSSR count). The van der Waals surface area contributed by atoms with E-state index in [0.29, 0.717) is 18.8 Å². The normalized spacial score (nSPS) is 39.9. The number of rotatable bonds is 2. The average molecular weight is 443 g/mol. The minimum absolute atomic E-state index is 0.0240. The summed E-state index contributed by atoms with van der Waals surface area (Å²) < 4.78 is 17.9. The molecule has 1 heterocycles. The first kappa shape index (κ1) is 21.4. The number of hydrogen-bond acceptors (Lipinski definition) is 5. The van der Waals surface area contributed by atoms with E-state index in [-0.39, 0.29) is 33.1 Å². The van der Waals surface area contributed by atoms with Crippen molar-refractivity contribution in [2.45, 2.75) is 58.7 Å². The second-order valence-electron chi connectivity index (χ2n) is 9.23. The summed E-state index contributed by atoms with van der Waals surface area (Å²) in [6.45, 7) is 7.61. The van der Waals surface area contributed by atoms with Crippen LogP contribution in [-0.2, 0) is 23.8 Å². The Hall–Kier alpha value is -0.880. The summed E-state index contributed by atoms with van der Waals surface area (Å²) in [6, 6.07) is 0. The Morgan fingerprint density at radius 2 is 1.62 bits per heavy atom. The number of fused-ring (bicyclic) bond motifs is 2. The van der Waals surface area contributed by atoms with Crippen molar-refractivity contribution in [2.75, 3.05) is 20.3 Å². The lowest BCUT2D eigenvalue weighted by Gasteiger charge is -2.63. The van der Waals surface area contributed by atoms with Gasteiger partial charge >= 0.3 is 0 Å². The molecule has 1 aliphatic heterocycles. The fraction of sp³-hybridized carbons (Fsp3) is 0.727. The molecule has 2 saturated carbocycles. The first-order valence-corrected chi connectivity index (χ1v) is 11.1. The van der Waals surface area contributed by atoms with Crippen LogP contribution >= 0.6 is 23.2 Å². The van der Waals surface area contributed by atoms with Crippen LogP contribution in [0.3, 0.4) is 0 Å². The fourth-order valence-corrected chi connectivity index (χ4v) is 6.91. The molecular weight excluding hydrogens is 415 g/mol. The van der Waals surface area contributed by atoms with Crippen LogP contribution < -0.4 is 0 Å². The molecule has 0 radical (unpaired) electrons. The van der Waals surface area contributed by atoms with E-state index in [4.69, 9.17) is 37.4 Å². The van der Waals surface area contributed by atoms with E-state index < -0.39 is 22.8 Å². The number of carbonyl (C=O) groups is 2. The van der Waals surface area contributed by atoms with Crippen LogP contribution in [0.4, 0.5) is 0 Å². The molecule has 7 heteroatoms. The van der Waals surface area contributed by atoms with Gasteiger partial charge in [0.05, 0.1) is 25.9 Å². The van der Waals surface area contributed by atoms with Gasteiger partial charge in [-0.05, 0) is 37.5 Å². The summed E-state index contributed by atoms with van der Waals surface area (Å²) in [5, 5.41) is -0.485. The molecule has 1 spiro atoms. The summed E-state index contributed by atoms with van der Waals surface area (Å²) in [5.74, 6) is -1.31. The quantitative estimate of drug-likeness (QED) is 0.579. The van der Waals surface area contributed by atoms with Crippen LogP contribution in [0, 0.1) is 22.7 Å². The first-order valence-electron chi connectivity index (χ1n) is 10.4. The van der Waals surface area contributed by atoms with E-state index in [0.717, 1.165) is 32.1 Å². The highest BCUT2D eigenvalue weighted by Gasteiger charge is 2.67. The van der Waals surface area contributed by atoms with Gasteiger partial charge in [0.2, 0.25) is 11.6 Å². The van der Waals surface area contributed by atoms with Gasteiger partial charge in [0.1, 0.15) is 10.1 Å². The lowest BCUT2D eigenvalue weighted by Crippen LogP contribution is -2.62. The molecule has 1 saturated heterocycles. The molecule has 4 aliphatic rings. The van der Waals surface area contributed by atoms with Crippen LogP contribution in [0.2, 0.25) is 0 Å². The number of methoxy groups -OCH3 is 1. The molecule has 0 amide bonds. The largest absolute Gasteiger partial charge is 0.492 e. The topological polar surface area (TPSA) is 61.8 Å². The summed E-state index contributed by atoms with van der Waals surface area (Å²) >= 11 is 12.3. The molecule has 29 heavy (non-hydrogen) atoms. The Morgan fingerprint density at radius 1 is 1.00 bits per heavy atom. The van der Waals surface area contributed by atoms with Gasteiger partial charge in [-0.15, -0.1) is 0 Å². The summed E-state index contributed by atoms with van der Waals surface area (Å²) in [4.78, 5) is 26.2. The maximum Gasteiger partial charge on any atom is 0.240 e. The fourth-order valence-electron chi connectivity index (χ4n) is 6.55. The first-order chi connectivity index (χ1) is 13.6. The van der Waals surface area contributed by atoms with Gasteiger partial charge in [0.15, 0.2) is 11.5 Å². The molecule has 5 nitrogen and oxygen atoms in total. The van der Waals surface area contributed by atoms with Crippen molar-refractivity contribution >= 4 is 34.8 Å². The van der Waals surface area contributed by atoms with Gasteiger partial charge in [-0.1, -0.05) is 44.0 Å². The second-order valence-corrected chi connectivity index (χ2v) is 9.98. The number of Topliss-reactive ketones (excluding diaryl/α,β-unsaturated/α-hetero) is 2.